The predicted molar refractivity (Wildman–Crippen MR) is 120 cm³/mol. The lowest BCUT2D eigenvalue weighted by atomic mass is 9.99. The number of aryl methyl sites for hydroxylation is 3. The normalized spacial score (nSPS) is 14.0. The topological polar surface area (TPSA) is 25.4 Å². The van der Waals surface area contributed by atoms with E-state index in [0.717, 1.165) is 18.6 Å². The van der Waals surface area contributed by atoms with Gasteiger partial charge in [0.25, 0.3) is 0 Å². The van der Waals surface area contributed by atoms with Crippen LogP contribution >= 0.6 is 12.4 Å². The molecule has 4 heteroatoms. The molecule has 1 fully saturated rings. The van der Waals surface area contributed by atoms with Crippen molar-refractivity contribution in [2.24, 2.45) is 0 Å². The molecule has 148 valence electrons. The Morgan fingerprint density at radius 3 is 2.46 bits per heavy atom. The molecule has 3 nitrogen and oxygen atoms in total. The summed E-state index contributed by atoms with van der Waals surface area (Å²) in [6, 6.07) is 15.1. The summed E-state index contributed by atoms with van der Waals surface area (Å²) in [6.45, 7) is 4.53. The highest BCUT2D eigenvalue weighted by Gasteiger charge is 2.14. The number of fused-ring (bicyclic) bond motifs is 1. The molecule has 0 saturated carbocycles. The maximum absolute atomic E-state index is 5.52. The van der Waals surface area contributed by atoms with E-state index in [1.54, 1.807) is 7.11 Å². The molecule has 0 amide bonds. The van der Waals surface area contributed by atoms with Gasteiger partial charge in [0.2, 0.25) is 0 Å². The van der Waals surface area contributed by atoms with Crippen molar-refractivity contribution in [2.45, 2.75) is 39.0 Å². The Balaban J connectivity index is 0.00000225. The molecular formula is C24H29ClN2O. The minimum atomic E-state index is 0. The number of rotatable bonds is 5. The van der Waals surface area contributed by atoms with Crippen molar-refractivity contribution in [3.05, 3.63) is 65.5 Å². The summed E-state index contributed by atoms with van der Waals surface area (Å²) in [6.07, 6.45) is 7.95. The second-order valence-electron chi connectivity index (χ2n) is 7.48. The number of aromatic nitrogens is 1. The Hall–Kier alpha value is -2.26. The number of hydrogen-bond acceptors (Lipinski definition) is 3. The number of pyridine rings is 1. The van der Waals surface area contributed by atoms with Crippen molar-refractivity contribution in [2.75, 3.05) is 25.1 Å². The van der Waals surface area contributed by atoms with Crippen molar-refractivity contribution in [3.63, 3.8) is 0 Å². The van der Waals surface area contributed by atoms with Gasteiger partial charge < -0.3 is 9.64 Å². The summed E-state index contributed by atoms with van der Waals surface area (Å²) in [7, 11) is 1.74. The minimum Gasteiger partial charge on any atom is -0.496 e. The lowest BCUT2D eigenvalue weighted by molar-refractivity contribution is 0.419. The molecule has 0 unspecified atom stereocenters. The van der Waals surface area contributed by atoms with Gasteiger partial charge in [0, 0.05) is 36.1 Å². The number of piperidine rings is 1. The lowest BCUT2D eigenvalue weighted by Gasteiger charge is -2.30. The van der Waals surface area contributed by atoms with Crippen LogP contribution in [0, 0.1) is 6.92 Å². The molecule has 0 spiro atoms. The summed E-state index contributed by atoms with van der Waals surface area (Å²) < 4.78 is 5.52. The van der Waals surface area contributed by atoms with Crippen molar-refractivity contribution < 1.29 is 4.74 Å². The number of nitrogens with zero attached hydrogens (tertiary/aromatic N) is 2. The Morgan fingerprint density at radius 1 is 0.964 bits per heavy atom. The fourth-order valence-electron chi connectivity index (χ4n) is 4.16. The van der Waals surface area contributed by atoms with Gasteiger partial charge in [-0.2, -0.15) is 0 Å². The minimum absolute atomic E-state index is 0. The van der Waals surface area contributed by atoms with E-state index in [9.17, 15) is 0 Å². The first-order valence-corrected chi connectivity index (χ1v) is 10.0. The van der Waals surface area contributed by atoms with Gasteiger partial charge >= 0.3 is 0 Å². The van der Waals surface area contributed by atoms with E-state index in [1.807, 2.05) is 6.20 Å². The van der Waals surface area contributed by atoms with E-state index in [1.165, 1.54) is 65.6 Å². The van der Waals surface area contributed by atoms with E-state index >= 15 is 0 Å². The largest absolute Gasteiger partial charge is 0.496 e. The number of ether oxygens (including phenoxy) is 1. The van der Waals surface area contributed by atoms with Crippen LogP contribution in [0.15, 0.2) is 48.7 Å². The quantitative estimate of drug-likeness (QED) is 0.549. The lowest BCUT2D eigenvalue weighted by Crippen LogP contribution is -2.30. The molecule has 2 aromatic carbocycles. The SMILES string of the molecule is COc1ccc(CCc2cc(N3CCCCC3)c(C)cn2)c2ccccc12.Cl. The highest BCUT2D eigenvalue weighted by molar-refractivity contribution is 5.91. The first-order valence-electron chi connectivity index (χ1n) is 10.0. The molecule has 1 aliphatic heterocycles. The molecule has 28 heavy (non-hydrogen) atoms. The molecule has 0 bridgehead atoms. The van der Waals surface area contributed by atoms with Gasteiger partial charge in [-0.05, 0) is 67.7 Å². The van der Waals surface area contributed by atoms with Crippen LogP contribution in [0.4, 0.5) is 5.69 Å². The zero-order valence-corrected chi connectivity index (χ0v) is 17.6. The van der Waals surface area contributed by atoms with Crippen molar-refractivity contribution in [3.8, 4) is 5.75 Å². The summed E-state index contributed by atoms with van der Waals surface area (Å²) in [5.41, 5.74) is 5.20. The van der Waals surface area contributed by atoms with Crippen molar-refractivity contribution >= 4 is 28.9 Å². The molecule has 0 atom stereocenters. The van der Waals surface area contributed by atoms with Crippen molar-refractivity contribution in [1.29, 1.82) is 0 Å². The summed E-state index contributed by atoms with van der Waals surface area (Å²) in [5, 5.41) is 2.46. The monoisotopic (exact) mass is 396 g/mol. The molecule has 2 heterocycles. The molecule has 1 saturated heterocycles. The molecule has 0 radical (unpaired) electrons. The Labute approximate surface area is 174 Å². The first kappa shape index (κ1) is 20.5. The standard InChI is InChI=1S/C24H28N2O.ClH/c1-18-17-25-20(16-23(18)26-14-6-3-7-15-26)12-10-19-11-13-24(27-2)22-9-5-4-8-21(19)22;/h4-5,8-9,11,13,16-17H,3,6-7,10,12,14-15H2,1-2H3;1H. The van der Waals surface area contributed by atoms with E-state index in [-0.39, 0.29) is 12.4 Å². The first-order chi connectivity index (χ1) is 13.3. The van der Waals surface area contributed by atoms with Gasteiger partial charge in [0.05, 0.1) is 7.11 Å². The van der Waals surface area contributed by atoms with Gasteiger partial charge in [-0.3, -0.25) is 4.98 Å². The molecule has 0 N–H and O–H groups in total. The third kappa shape index (κ3) is 4.25. The summed E-state index contributed by atoms with van der Waals surface area (Å²) >= 11 is 0. The maximum Gasteiger partial charge on any atom is 0.126 e. The van der Waals surface area contributed by atoms with Gasteiger partial charge in [-0.15, -0.1) is 12.4 Å². The summed E-state index contributed by atoms with van der Waals surface area (Å²) in [4.78, 5) is 7.25. The zero-order chi connectivity index (χ0) is 18.6. The van der Waals surface area contributed by atoms with Crippen LogP contribution in [0.3, 0.4) is 0 Å². The fraction of sp³-hybridized carbons (Fsp3) is 0.375. The van der Waals surface area contributed by atoms with E-state index in [0.29, 0.717) is 0 Å². The van der Waals surface area contributed by atoms with Crippen LogP contribution in [0.2, 0.25) is 0 Å². The third-order valence-corrected chi connectivity index (χ3v) is 5.67. The molecule has 1 aromatic heterocycles. The third-order valence-electron chi connectivity index (χ3n) is 5.67. The number of benzene rings is 2. The fourth-order valence-corrected chi connectivity index (χ4v) is 4.16. The highest BCUT2D eigenvalue weighted by Crippen LogP contribution is 2.29. The number of anilines is 1. The molecule has 0 aliphatic carbocycles. The Morgan fingerprint density at radius 2 is 1.71 bits per heavy atom. The van der Waals surface area contributed by atoms with Gasteiger partial charge in [-0.25, -0.2) is 0 Å². The van der Waals surface area contributed by atoms with E-state index < -0.39 is 0 Å². The van der Waals surface area contributed by atoms with Gasteiger partial charge in [-0.1, -0.05) is 30.3 Å². The van der Waals surface area contributed by atoms with E-state index in [4.69, 9.17) is 9.72 Å². The van der Waals surface area contributed by atoms with Crippen LogP contribution in [0.5, 0.6) is 5.75 Å². The average Bonchev–Trinajstić information content (AvgIpc) is 2.73. The Bertz CT molecular complexity index is 935. The maximum atomic E-state index is 5.52. The molecular weight excluding hydrogens is 368 g/mol. The van der Waals surface area contributed by atoms with E-state index in [2.05, 4.69) is 54.3 Å². The number of hydrogen-bond donors (Lipinski definition) is 0. The van der Waals surface area contributed by atoms with Crippen molar-refractivity contribution in [1.82, 2.24) is 4.98 Å². The van der Waals surface area contributed by atoms with Crippen LogP contribution in [0.25, 0.3) is 10.8 Å². The Kier molecular flexibility index (Phi) is 6.79. The highest BCUT2D eigenvalue weighted by atomic mass is 35.5. The molecule has 3 aromatic rings. The van der Waals surface area contributed by atoms with Crippen LogP contribution in [-0.4, -0.2) is 25.2 Å². The second-order valence-corrected chi connectivity index (χ2v) is 7.48. The van der Waals surface area contributed by atoms with Crippen LogP contribution in [0.1, 0.15) is 36.1 Å². The second kappa shape index (κ2) is 9.29. The molecule has 1 aliphatic rings. The number of halogens is 1. The van der Waals surface area contributed by atoms with Crippen LogP contribution in [-0.2, 0) is 12.8 Å². The predicted octanol–water partition coefficient (Wildman–Crippen LogP) is 5.75. The van der Waals surface area contributed by atoms with Gasteiger partial charge in [0.1, 0.15) is 5.75 Å². The molecule has 4 rings (SSSR count). The smallest absolute Gasteiger partial charge is 0.126 e. The summed E-state index contributed by atoms with van der Waals surface area (Å²) in [5.74, 6) is 0.940. The van der Waals surface area contributed by atoms with Crippen LogP contribution < -0.4 is 9.64 Å². The number of methoxy groups -OCH3 is 1. The zero-order valence-electron chi connectivity index (χ0n) is 16.8. The average molecular weight is 397 g/mol. The van der Waals surface area contributed by atoms with Gasteiger partial charge in [0.15, 0.2) is 0 Å².